The van der Waals surface area contributed by atoms with Crippen LogP contribution in [0.2, 0.25) is 0 Å². The van der Waals surface area contributed by atoms with E-state index in [1.54, 1.807) is 12.1 Å². The molecule has 0 bridgehead atoms. The topological polar surface area (TPSA) is 40.6 Å². The van der Waals surface area contributed by atoms with E-state index in [-0.39, 0.29) is 23.5 Å². The van der Waals surface area contributed by atoms with Gasteiger partial charge in [-0.2, -0.15) is 0 Å². The predicted molar refractivity (Wildman–Crippen MR) is 96.6 cm³/mol. The molecule has 3 aliphatic rings. The van der Waals surface area contributed by atoms with Gasteiger partial charge in [-0.05, 0) is 49.8 Å². The highest BCUT2D eigenvalue weighted by molar-refractivity contribution is 5.86. The second-order valence-electron chi connectivity index (χ2n) is 8.23. The van der Waals surface area contributed by atoms with Gasteiger partial charge in [-0.15, -0.1) is 0 Å². The molecular formula is C21H27FN2O2. The second kappa shape index (κ2) is 7.01. The lowest BCUT2D eigenvalue weighted by Gasteiger charge is -2.39. The fourth-order valence-corrected chi connectivity index (χ4v) is 4.98. The molecule has 0 unspecified atom stereocenters. The molecule has 2 heterocycles. The maximum absolute atomic E-state index is 13.2. The first kappa shape index (κ1) is 17.5. The van der Waals surface area contributed by atoms with Crippen LogP contribution in [0.3, 0.4) is 0 Å². The first-order valence-electron chi connectivity index (χ1n) is 9.90. The number of halogens is 1. The maximum Gasteiger partial charge on any atom is 0.230 e. The quantitative estimate of drug-likeness (QED) is 0.831. The van der Waals surface area contributed by atoms with Crippen LogP contribution in [-0.4, -0.2) is 41.2 Å². The zero-order chi connectivity index (χ0) is 18.1. The van der Waals surface area contributed by atoms with Crippen molar-refractivity contribution in [3.8, 4) is 0 Å². The Bertz CT molecular complexity index is 684. The van der Waals surface area contributed by atoms with Gasteiger partial charge in [-0.25, -0.2) is 4.39 Å². The van der Waals surface area contributed by atoms with Crippen LogP contribution in [-0.2, 0) is 16.1 Å². The van der Waals surface area contributed by atoms with Crippen LogP contribution in [0.1, 0.15) is 50.5 Å². The molecule has 1 saturated carbocycles. The van der Waals surface area contributed by atoms with Gasteiger partial charge in [0.15, 0.2) is 0 Å². The number of likely N-dealkylation sites (tertiary alicyclic amines) is 2. The number of hydrogen-bond donors (Lipinski definition) is 0. The minimum Gasteiger partial charge on any atom is -0.341 e. The number of nitrogens with zero attached hydrogens (tertiary/aromatic N) is 2. The normalized spacial score (nSPS) is 26.9. The molecule has 2 aliphatic heterocycles. The Morgan fingerprint density at radius 1 is 1.08 bits per heavy atom. The van der Waals surface area contributed by atoms with Gasteiger partial charge in [-0.3, -0.25) is 9.59 Å². The minimum atomic E-state index is -0.396. The molecule has 0 radical (unpaired) electrons. The number of hydrogen-bond acceptors (Lipinski definition) is 2. The summed E-state index contributed by atoms with van der Waals surface area (Å²) in [6.07, 6.45) is 6.95. The van der Waals surface area contributed by atoms with Crippen LogP contribution in [0, 0.1) is 17.2 Å². The molecule has 1 atom stereocenters. The number of benzene rings is 1. The van der Waals surface area contributed by atoms with Crippen molar-refractivity contribution in [2.75, 3.05) is 19.6 Å². The van der Waals surface area contributed by atoms with E-state index in [0.29, 0.717) is 19.6 Å². The molecule has 1 aromatic rings. The van der Waals surface area contributed by atoms with E-state index >= 15 is 0 Å². The lowest BCUT2D eigenvalue weighted by molar-refractivity contribution is -0.147. The van der Waals surface area contributed by atoms with Crippen LogP contribution in [0.25, 0.3) is 0 Å². The Labute approximate surface area is 154 Å². The molecule has 3 fully saturated rings. The SMILES string of the molecule is O=C(C1CCCC1)N1CC[C@]2(CCCN(Cc3ccc(F)cc3)C2=O)C1. The van der Waals surface area contributed by atoms with Crippen molar-refractivity contribution >= 4 is 11.8 Å². The van der Waals surface area contributed by atoms with Gasteiger partial charge in [0.1, 0.15) is 5.82 Å². The summed E-state index contributed by atoms with van der Waals surface area (Å²) in [4.78, 5) is 29.8. The summed E-state index contributed by atoms with van der Waals surface area (Å²) in [5, 5.41) is 0. The number of rotatable bonds is 3. The number of piperidine rings is 1. The van der Waals surface area contributed by atoms with Gasteiger partial charge < -0.3 is 9.80 Å². The van der Waals surface area contributed by atoms with Gasteiger partial charge in [0.05, 0.1) is 5.41 Å². The molecule has 140 valence electrons. The predicted octanol–water partition coefficient (Wildman–Crippen LogP) is 3.36. The lowest BCUT2D eigenvalue weighted by Crippen LogP contribution is -2.50. The van der Waals surface area contributed by atoms with Crippen molar-refractivity contribution in [2.24, 2.45) is 11.3 Å². The van der Waals surface area contributed by atoms with Crippen molar-refractivity contribution in [3.05, 3.63) is 35.6 Å². The van der Waals surface area contributed by atoms with E-state index in [0.717, 1.165) is 57.1 Å². The number of carbonyl (C=O) groups is 2. The number of carbonyl (C=O) groups excluding carboxylic acids is 2. The zero-order valence-corrected chi connectivity index (χ0v) is 15.3. The standard InChI is InChI=1S/C21H27FN2O2/c22-18-8-6-16(7-9-18)14-23-12-3-10-21(20(23)26)11-13-24(15-21)19(25)17-4-1-2-5-17/h6-9,17H,1-5,10-15H2/t21-/m1/s1. The molecule has 5 heteroatoms. The molecule has 4 nitrogen and oxygen atoms in total. The third kappa shape index (κ3) is 3.24. The average molecular weight is 358 g/mol. The fraction of sp³-hybridized carbons (Fsp3) is 0.619. The second-order valence-corrected chi connectivity index (χ2v) is 8.23. The highest BCUT2D eigenvalue weighted by Crippen LogP contribution is 2.41. The summed E-state index contributed by atoms with van der Waals surface area (Å²) in [6, 6.07) is 6.37. The Balaban J connectivity index is 1.44. The molecule has 4 rings (SSSR count). The molecule has 26 heavy (non-hydrogen) atoms. The highest BCUT2D eigenvalue weighted by Gasteiger charge is 2.49. The van der Waals surface area contributed by atoms with Crippen LogP contribution in [0.15, 0.2) is 24.3 Å². The highest BCUT2D eigenvalue weighted by atomic mass is 19.1. The molecular weight excluding hydrogens is 331 g/mol. The first-order valence-corrected chi connectivity index (χ1v) is 9.90. The minimum absolute atomic E-state index is 0.176. The number of amides is 2. The van der Waals surface area contributed by atoms with Crippen molar-refractivity contribution in [1.29, 1.82) is 0 Å². The monoisotopic (exact) mass is 358 g/mol. The summed E-state index contributed by atoms with van der Waals surface area (Å²) in [6.45, 7) is 2.57. The van der Waals surface area contributed by atoms with Crippen LogP contribution < -0.4 is 0 Å². The van der Waals surface area contributed by atoms with Crippen LogP contribution in [0.4, 0.5) is 4.39 Å². The van der Waals surface area contributed by atoms with Crippen molar-refractivity contribution in [1.82, 2.24) is 9.80 Å². The van der Waals surface area contributed by atoms with Crippen LogP contribution in [0.5, 0.6) is 0 Å². The smallest absolute Gasteiger partial charge is 0.230 e. The van der Waals surface area contributed by atoms with Crippen molar-refractivity contribution in [3.63, 3.8) is 0 Å². The fourth-order valence-electron chi connectivity index (χ4n) is 4.98. The Hall–Kier alpha value is -1.91. The Kier molecular flexibility index (Phi) is 4.72. The third-order valence-corrected chi connectivity index (χ3v) is 6.48. The largest absolute Gasteiger partial charge is 0.341 e. The maximum atomic E-state index is 13.2. The third-order valence-electron chi connectivity index (χ3n) is 6.48. The van der Waals surface area contributed by atoms with Crippen molar-refractivity contribution < 1.29 is 14.0 Å². The van der Waals surface area contributed by atoms with Gasteiger partial charge in [0.2, 0.25) is 11.8 Å². The summed E-state index contributed by atoms with van der Waals surface area (Å²) in [5.41, 5.74) is 0.556. The Morgan fingerprint density at radius 3 is 2.54 bits per heavy atom. The first-order chi connectivity index (χ1) is 12.6. The van der Waals surface area contributed by atoms with Gasteiger partial charge in [-0.1, -0.05) is 25.0 Å². The summed E-state index contributed by atoms with van der Waals surface area (Å²) in [7, 11) is 0. The molecule has 2 amide bonds. The van der Waals surface area contributed by atoms with Crippen molar-refractivity contribution in [2.45, 2.75) is 51.5 Å². The summed E-state index contributed by atoms with van der Waals surface area (Å²) in [5.74, 6) is 0.365. The van der Waals surface area contributed by atoms with Gasteiger partial charge in [0, 0.05) is 32.1 Å². The Morgan fingerprint density at radius 2 is 1.81 bits per heavy atom. The average Bonchev–Trinajstić information content (AvgIpc) is 3.31. The van der Waals surface area contributed by atoms with E-state index in [1.165, 1.54) is 12.1 Å². The molecule has 1 spiro atoms. The molecule has 1 aromatic carbocycles. The van der Waals surface area contributed by atoms with E-state index < -0.39 is 5.41 Å². The van der Waals surface area contributed by atoms with E-state index in [1.807, 2.05) is 9.80 Å². The summed E-state index contributed by atoms with van der Waals surface area (Å²) >= 11 is 0. The summed E-state index contributed by atoms with van der Waals surface area (Å²) < 4.78 is 13.1. The van der Waals surface area contributed by atoms with Gasteiger partial charge in [0.25, 0.3) is 0 Å². The van der Waals surface area contributed by atoms with E-state index in [9.17, 15) is 14.0 Å². The molecule has 2 saturated heterocycles. The van der Waals surface area contributed by atoms with Crippen LogP contribution >= 0.6 is 0 Å². The van der Waals surface area contributed by atoms with E-state index in [2.05, 4.69) is 0 Å². The molecule has 1 aliphatic carbocycles. The lowest BCUT2D eigenvalue weighted by atomic mass is 9.78. The molecule has 0 aromatic heterocycles. The van der Waals surface area contributed by atoms with E-state index in [4.69, 9.17) is 0 Å². The molecule has 0 N–H and O–H groups in total. The van der Waals surface area contributed by atoms with Gasteiger partial charge >= 0.3 is 0 Å². The zero-order valence-electron chi connectivity index (χ0n) is 15.3.